The van der Waals surface area contributed by atoms with Crippen LogP contribution in [0.25, 0.3) is 0 Å². The van der Waals surface area contributed by atoms with E-state index in [4.69, 9.17) is 0 Å². The molecular weight excluding hydrogens is 228 g/mol. The van der Waals surface area contributed by atoms with Gasteiger partial charge in [0.05, 0.1) is 0 Å². The first-order valence-corrected chi connectivity index (χ1v) is 6.13. The maximum Gasteiger partial charge on any atom is 0.247 e. The first-order chi connectivity index (χ1) is 8.49. The molecule has 0 aromatic heterocycles. The van der Waals surface area contributed by atoms with Crippen LogP contribution in [0.4, 0.5) is 5.69 Å². The molecule has 1 fully saturated rings. The van der Waals surface area contributed by atoms with Gasteiger partial charge in [0, 0.05) is 19.2 Å². The Kier molecular flexibility index (Phi) is 3.36. The second kappa shape index (κ2) is 4.80. The van der Waals surface area contributed by atoms with Crippen molar-refractivity contribution in [2.75, 3.05) is 12.4 Å². The minimum absolute atomic E-state index is 0.0378. The van der Waals surface area contributed by atoms with Gasteiger partial charge >= 0.3 is 0 Å². The van der Waals surface area contributed by atoms with Crippen molar-refractivity contribution in [3.05, 3.63) is 29.3 Å². The van der Waals surface area contributed by atoms with E-state index in [1.807, 2.05) is 32.0 Å². The molecule has 0 bridgehead atoms. The van der Waals surface area contributed by atoms with Crippen molar-refractivity contribution in [1.82, 2.24) is 4.90 Å². The summed E-state index contributed by atoms with van der Waals surface area (Å²) in [6.45, 7) is 3.98. The van der Waals surface area contributed by atoms with E-state index in [0.717, 1.165) is 11.3 Å². The number of aryl methyl sites for hydroxylation is 2. The highest BCUT2D eigenvalue weighted by atomic mass is 16.2. The molecular formula is C14H18N2O2. The number of hydrogen-bond acceptors (Lipinski definition) is 2. The molecule has 18 heavy (non-hydrogen) atoms. The normalized spacial score (nSPS) is 19.2. The molecule has 1 unspecified atom stereocenters. The van der Waals surface area contributed by atoms with E-state index >= 15 is 0 Å². The third-order valence-electron chi connectivity index (χ3n) is 3.43. The van der Waals surface area contributed by atoms with E-state index in [0.29, 0.717) is 12.8 Å². The highest BCUT2D eigenvalue weighted by molar-refractivity contribution is 5.99. The summed E-state index contributed by atoms with van der Waals surface area (Å²) in [5.41, 5.74) is 3.02. The third-order valence-corrected chi connectivity index (χ3v) is 3.43. The minimum atomic E-state index is -0.335. The van der Waals surface area contributed by atoms with E-state index in [1.54, 1.807) is 7.05 Å². The van der Waals surface area contributed by atoms with Crippen molar-refractivity contribution in [2.24, 2.45) is 0 Å². The SMILES string of the molecule is Cc1ccc(NC(=O)C2CCC(=O)N2C)c(C)c1. The Morgan fingerprint density at radius 2 is 2.11 bits per heavy atom. The minimum Gasteiger partial charge on any atom is -0.334 e. The molecule has 0 aliphatic carbocycles. The number of carbonyl (C=O) groups excluding carboxylic acids is 2. The first kappa shape index (κ1) is 12.6. The van der Waals surface area contributed by atoms with Gasteiger partial charge < -0.3 is 10.2 Å². The first-order valence-electron chi connectivity index (χ1n) is 6.13. The fourth-order valence-corrected chi connectivity index (χ4v) is 2.28. The Balaban J connectivity index is 2.10. The Labute approximate surface area is 107 Å². The maximum absolute atomic E-state index is 12.1. The second-order valence-electron chi connectivity index (χ2n) is 4.87. The summed E-state index contributed by atoms with van der Waals surface area (Å²) in [5.74, 6) is -0.0638. The van der Waals surface area contributed by atoms with Crippen LogP contribution in [-0.4, -0.2) is 29.8 Å². The highest BCUT2D eigenvalue weighted by Crippen LogP contribution is 2.20. The average molecular weight is 246 g/mol. The molecule has 1 aliphatic rings. The zero-order chi connectivity index (χ0) is 13.3. The molecule has 0 radical (unpaired) electrons. The van der Waals surface area contributed by atoms with E-state index in [9.17, 15) is 9.59 Å². The largest absolute Gasteiger partial charge is 0.334 e. The molecule has 1 saturated heterocycles. The van der Waals surface area contributed by atoms with Crippen LogP contribution < -0.4 is 5.32 Å². The highest BCUT2D eigenvalue weighted by Gasteiger charge is 2.33. The lowest BCUT2D eigenvalue weighted by molar-refractivity contribution is -0.131. The fraction of sp³-hybridized carbons (Fsp3) is 0.429. The lowest BCUT2D eigenvalue weighted by Gasteiger charge is -2.19. The van der Waals surface area contributed by atoms with Crippen LogP contribution in [-0.2, 0) is 9.59 Å². The number of likely N-dealkylation sites (N-methyl/N-ethyl adjacent to an activating group) is 1. The van der Waals surface area contributed by atoms with Gasteiger partial charge in [0.2, 0.25) is 11.8 Å². The molecule has 0 saturated carbocycles. The molecule has 1 N–H and O–H groups in total. The average Bonchev–Trinajstić information content (AvgIpc) is 2.64. The van der Waals surface area contributed by atoms with Crippen LogP contribution in [0.3, 0.4) is 0 Å². The molecule has 4 nitrogen and oxygen atoms in total. The van der Waals surface area contributed by atoms with Crippen LogP contribution in [0.1, 0.15) is 24.0 Å². The van der Waals surface area contributed by atoms with Crippen LogP contribution in [0, 0.1) is 13.8 Å². The third kappa shape index (κ3) is 2.37. The molecule has 1 aliphatic heterocycles. The number of anilines is 1. The number of rotatable bonds is 2. The lowest BCUT2D eigenvalue weighted by Crippen LogP contribution is -2.39. The number of likely N-dealkylation sites (tertiary alicyclic amines) is 1. The van der Waals surface area contributed by atoms with E-state index in [-0.39, 0.29) is 17.9 Å². The van der Waals surface area contributed by atoms with Crippen molar-refractivity contribution in [3.63, 3.8) is 0 Å². The number of nitrogens with zero attached hydrogens (tertiary/aromatic N) is 1. The van der Waals surface area contributed by atoms with E-state index in [1.165, 1.54) is 10.5 Å². The number of benzene rings is 1. The topological polar surface area (TPSA) is 49.4 Å². The van der Waals surface area contributed by atoms with Gasteiger partial charge in [0.25, 0.3) is 0 Å². The Hall–Kier alpha value is -1.84. The van der Waals surface area contributed by atoms with Gasteiger partial charge in [-0.15, -0.1) is 0 Å². The molecule has 2 amide bonds. The van der Waals surface area contributed by atoms with Gasteiger partial charge in [-0.1, -0.05) is 17.7 Å². The summed E-state index contributed by atoms with van der Waals surface area (Å²) >= 11 is 0. The van der Waals surface area contributed by atoms with Crippen molar-refractivity contribution < 1.29 is 9.59 Å². The molecule has 1 heterocycles. The fourth-order valence-electron chi connectivity index (χ4n) is 2.28. The van der Waals surface area contributed by atoms with Gasteiger partial charge in [0.1, 0.15) is 6.04 Å². The van der Waals surface area contributed by atoms with Gasteiger partial charge in [0.15, 0.2) is 0 Å². The lowest BCUT2D eigenvalue weighted by atomic mass is 10.1. The standard InChI is InChI=1S/C14H18N2O2/c1-9-4-5-11(10(2)8-9)15-14(18)12-6-7-13(17)16(12)3/h4-5,8,12H,6-7H2,1-3H3,(H,15,18). The smallest absolute Gasteiger partial charge is 0.247 e. The molecule has 1 aromatic rings. The maximum atomic E-state index is 12.1. The molecule has 2 rings (SSSR count). The van der Waals surface area contributed by atoms with Gasteiger partial charge in [-0.2, -0.15) is 0 Å². The molecule has 96 valence electrons. The van der Waals surface area contributed by atoms with Crippen molar-refractivity contribution in [1.29, 1.82) is 0 Å². The molecule has 4 heteroatoms. The van der Waals surface area contributed by atoms with Crippen LogP contribution in [0.15, 0.2) is 18.2 Å². The van der Waals surface area contributed by atoms with E-state index in [2.05, 4.69) is 5.32 Å². The van der Waals surface area contributed by atoms with Crippen LogP contribution in [0.2, 0.25) is 0 Å². The number of carbonyl (C=O) groups is 2. The van der Waals surface area contributed by atoms with E-state index < -0.39 is 0 Å². The molecule has 1 aromatic carbocycles. The van der Waals surface area contributed by atoms with Gasteiger partial charge in [-0.3, -0.25) is 9.59 Å². The number of hydrogen-bond donors (Lipinski definition) is 1. The van der Waals surface area contributed by atoms with Crippen LogP contribution >= 0.6 is 0 Å². The van der Waals surface area contributed by atoms with Crippen LogP contribution in [0.5, 0.6) is 0 Å². The van der Waals surface area contributed by atoms with Crippen molar-refractivity contribution in [2.45, 2.75) is 32.7 Å². The summed E-state index contributed by atoms with van der Waals surface area (Å²) in [7, 11) is 1.68. The summed E-state index contributed by atoms with van der Waals surface area (Å²) in [6.07, 6.45) is 1.06. The summed E-state index contributed by atoms with van der Waals surface area (Å²) in [4.78, 5) is 25.0. The Morgan fingerprint density at radius 3 is 2.67 bits per heavy atom. The second-order valence-corrected chi connectivity index (χ2v) is 4.87. The Bertz CT molecular complexity index is 497. The summed E-state index contributed by atoms with van der Waals surface area (Å²) in [6, 6.07) is 5.56. The quantitative estimate of drug-likeness (QED) is 0.866. The predicted molar refractivity (Wildman–Crippen MR) is 70.3 cm³/mol. The zero-order valence-corrected chi connectivity index (χ0v) is 11.0. The zero-order valence-electron chi connectivity index (χ0n) is 11.0. The number of amides is 2. The van der Waals surface area contributed by atoms with Gasteiger partial charge in [-0.05, 0) is 31.9 Å². The van der Waals surface area contributed by atoms with Crippen molar-refractivity contribution in [3.8, 4) is 0 Å². The Morgan fingerprint density at radius 1 is 1.39 bits per heavy atom. The molecule has 0 spiro atoms. The van der Waals surface area contributed by atoms with Crippen molar-refractivity contribution >= 4 is 17.5 Å². The summed E-state index contributed by atoms with van der Waals surface area (Å²) in [5, 5.41) is 2.90. The predicted octanol–water partition coefficient (Wildman–Crippen LogP) is 1.86. The van der Waals surface area contributed by atoms with Gasteiger partial charge in [-0.25, -0.2) is 0 Å². The monoisotopic (exact) mass is 246 g/mol. The number of nitrogens with one attached hydrogen (secondary N) is 1. The molecule has 1 atom stereocenters. The summed E-state index contributed by atoms with van der Waals surface area (Å²) < 4.78 is 0.